The number of nitrogens with one attached hydrogen (secondary N) is 2. The third-order valence-corrected chi connectivity index (χ3v) is 8.18. The van der Waals surface area contributed by atoms with Crippen molar-refractivity contribution in [3.05, 3.63) is 53.3 Å². The molecular formula is C29H38N6O4. The Bertz CT molecular complexity index is 1330. The molecule has 1 aliphatic heterocycles. The normalized spacial score (nSPS) is 16.5. The number of carbonyl (C=O) groups excluding carboxylic acids is 1. The van der Waals surface area contributed by atoms with Crippen LogP contribution in [0.25, 0.3) is 10.9 Å². The van der Waals surface area contributed by atoms with Gasteiger partial charge in [0.25, 0.3) is 5.91 Å². The molecule has 1 aliphatic carbocycles. The molecule has 1 amide bonds. The lowest BCUT2D eigenvalue weighted by molar-refractivity contribution is -0.139. The molecule has 1 fully saturated rings. The summed E-state index contributed by atoms with van der Waals surface area (Å²) in [6.07, 6.45) is 8.64. The number of carbonyl (C=O) groups is 2. The van der Waals surface area contributed by atoms with Crippen molar-refractivity contribution in [2.24, 2.45) is 7.05 Å². The molecule has 5 rings (SSSR count). The zero-order chi connectivity index (χ0) is 27.4. The lowest BCUT2D eigenvalue weighted by atomic mass is 10.1. The molecule has 2 aromatic heterocycles. The Kier molecular flexibility index (Phi) is 8.13. The second-order valence-corrected chi connectivity index (χ2v) is 10.8. The number of aryl methyl sites for hydroxylation is 3. The average molecular weight is 535 g/mol. The Morgan fingerprint density at radius 2 is 2.05 bits per heavy atom. The van der Waals surface area contributed by atoms with E-state index in [1.54, 1.807) is 30.1 Å². The minimum absolute atomic E-state index is 0.0537. The van der Waals surface area contributed by atoms with Crippen molar-refractivity contribution in [3.63, 3.8) is 0 Å². The van der Waals surface area contributed by atoms with Crippen molar-refractivity contribution >= 4 is 28.6 Å². The summed E-state index contributed by atoms with van der Waals surface area (Å²) in [7, 11) is 1.80. The number of aromatic nitrogens is 3. The lowest BCUT2D eigenvalue weighted by Crippen LogP contribution is -2.46. The third kappa shape index (κ3) is 6.07. The van der Waals surface area contributed by atoms with Crippen LogP contribution in [-0.4, -0.2) is 79.6 Å². The van der Waals surface area contributed by atoms with Crippen molar-refractivity contribution in [1.29, 1.82) is 0 Å². The van der Waals surface area contributed by atoms with Crippen molar-refractivity contribution < 1.29 is 19.8 Å². The largest absolute Gasteiger partial charge is 0.480 e. The van der Waals surface area contributed by atoms with Gasteiger partial charge in [-0.25, -0.2) is 9.78 Å². The summed E-state index contributed by atoms with van der Waals surface area (Å²) in [5.74, 6) is -0.482. The third-order valence-electron chi connectivity index (χ3n) is 8.18. The molecule has 0 saturated heterocycles. The second kappa shape index (κ2) is 11.7. The topological polar surface area (TPSA) is 133 Å². The molecule has 1 aromatic carbocycles. The Hall–Kier alpha value is -3.50. The van der Waals surface area contributed by atoms with E-state index in [-0.39, 0.29) is 18.6 Å². The summed E-state index contributed by atoms with van der Waals surface area (Å²) in [4.78, 5) is 32.1. The molecule has 0 spiro atoms. The molecule has 39 heavy (non-hydrogen) atoms. The van der Waals surface area contributed by atoms with E-state index in [1.807, 2.05) is 6.07 Å². The summed E-state index contributed by atoms with van der Waals surface area (Å²) in [6, 6.07) is 8.58. The zero-order valence-electron chi connectivity index (χ0n) is 22.5. The van der Waals surface area contributed by atoms with Gasteiger partial charge in [-0.15, -0.1) is 0 Å². The number of pyridine rings is 1. The fourth-order valence-corrected chi connectivity index (χ4v) is 5.58. The molecule has 0 radical (unpaired) electrons. The van der Waals surface area contributed by atoms with Crippen molar-refractivity contribution in [1.82, 2.24) is 25.0 Å². The van der Waals surface area contributed by atoms with E-state index < -0.39 is 17.9 Å². The van der Waals surface area contributed by atoms with Crippen LogP contribution >= 0.6 is 0 Å². The quantitative estimate of drug-likeness (QED) is 0.246. The number of anilines is 1. The second-order valence-electron chi connectivity index (χ2n) is 10.8. The Labute approximate surface area is 228 Å². The highest BCUT2D eigenvalue weighted by molar-refractivity contribution is 6.07. The Morgan fingerprint density at radius 3 is 2.82 bits per heavy atom. The van der Waals surface area contributed by atoms with E-state index in [9.17, 15) is 19.8 Å². The molecule has 1 saturated carbocycles. The number of amides is 1. The van der Waals surface area contributed by atoms with Crippen LogP contribution in [0.4, 0.5) is 5.82 Å². The van der Waals surface area contributed by atoms with Gasteiger partial charge in [0.15, 0.2) is 0 Å². The van der Waals surface area contributed by atoms with E-state index in [2.05, 4.69) is 32.8 Å². The van der Waals surface area contributed by atoms with Crippen LogP contribution in [0.5, 0.6) is 0 Å². The number of fused-ring (bicyclic) bond motifs is 2. The molecule has 2 aliphatic rings. The van der Waals surface area contributed by atoms with Crippen LogP contribution in [-0.2, 0) is 24.7 Å². The summed E-state index contributed by atoms with van der Waals surface area (Å²) >= 11 is 0. The smallest absolute Gasteiger partial charge is 0.326 e. The zero-order valence-corrected chi connectivity index (χ0v) is 22.5. The minimum atomic E-state index is -1.07. The highest BCUT2D eigenvalue weighted by atomic mass is 16.4. The number of hydrogen-bond donors (Lipinski definition) is 4. The van der Waals surface area contributed by atoms with Crippen LogP contribution in [0.15, 0.2) is 36.5 Å². The van der Waals surface area contributed by atoms with Gasteiger partial charge in [0.05, 0.1) is 23.9 Å². The molecule has 0 unspecified atom stereocenters. The number of aliphatic hydroxyl groups is 1. The molecule has 3 aromatic rings. The van der Waals surface area contributed by atoms with E-state index in [0.717, 1.165) is 75.1 Å². The number of hydrogen-bond acceptors (Lipinski definition) is 7. The maximum Gasteiger partial charge on any atom is 0.326 e. The maximum absolute atomic E-state index is 13.1. The number of carboxylic acids is 1. The summed E-state index contributed by atoms with van der Waals surface area (Å²) in [6.45, 7) is 2.27. The summed E-state index contributed by atoms with van der Waals surface area (Å²) in [5.41, 5.74) is 3.30. The van der Waals surface area contributed by atoms with E-state index in [1.165, 1.54) is 5.56 Å². The fraction of sp³-hybridized carbons (Fsp3) is 0.517. The van der Waals surface area contributed by atoms with Gasteiger partial charge in [0.2, 0.25) is 0 Å². The van der Waals surface area contributed by atoms with E-state index >= 15 is 0 Å². The van der Waals surface area contributed by atoms with Crippen molar-refractivity contribution in [2.45, 2.75) is 62.9 Å². The van der Waals surface area contributed by atoms with E-state index in [4.69, 9.17) is 4.98 Å². The van der Waals surface area contributed by atoms with Crippen LogP contribution in [0.3, 0.4) is 0 Å². The Morgan fingerprint density at radius 1 is 1.21 bits per heavy atom. The van der Waals surface area contributed by atoms with Crippen molar-refractivity contribution in [3.8, 4) is 0 Å². The number of nitrogens with zero attached hydrogens (tertiary/aromatic N) is 4. The fourth-order valence-electron chi connectivity index (χ4n) is 5.58. The molecule has 3 heterocycles. The van der Waals surface area contributed by atoms with Gasteiger partial charge in [0, 0.05) is 36.8 Å². The summed E-state index contributed by atoms with van der Waals surface area (Å²) < 4.78 is 1.68. The molecule has 208 valence electrons. The van der Waals surface area contributed by atoms with Gasteiger partial charge >= 0.3 is 5.97 Å². The monoisotopic (exact) mass is 534 g/mol. The molecular weight excluding hydrogens is 496 g/mol. The SMILES string of the molecule is Cn1ncc2c(C(=O)N[C@@H](CCN(CCCCc3ccc4c(n3)NCCC4)C3(CO)CC3)C(=O)O)cccc21. The van der Waals surface area contributed by atoms with Gasteiger partial charge in [-0.1, -0.05) is 12.1 Å². The number of rotatable bonds is 13. The predicted molar refractivity (Wildman–Crippen MR) is 149 cm³/mol. The van der Waals surface area contributed by atoms with Gasteiger partial charge < -0.3 is 20.8 Å². The van der Waals surface area contributed by atoms with Crippen LogP contribution < -0.4 is 10.6 Å². The number of benzene rings is 1. The molecule has 0 bridgehead atoms. The minimum Gasteiger partial charge on any atom is -0.480 e. The molecule has 1 atom stereocenters. The van der Waals surface area contributed by atoms with Crippen molar-refractivity contribution in [2.75, 3.05) is 31.6 Å². The van der Waals surface area contributed by atoms with Gasteiger partial charge in [0.1, 0.15) is 11.9 Å². The van der Waals surface area contributed by atoms with Gasteiger partial charge in [-0.3, -0.25) is 14.4 Å². The lowest BCUT2D eigenvalue weighted by Gasteiger charge is -2.31. The number of carboxylic acid groups (broad SMARTS) is 1. The van der Waals surface area contributed by atoms with Gasteiger partial charge in [-0.2, -0.15) is 5.10 Å². The number of aliphatic carboxylic acids is 1. The maximum atomic E-state index is 13.1. The van der Waals surface area contributed by atoms with Crippen LogP contribution in [0.1, 0.15) is 60.1 Å². The first-order valence-corrected chi connectivity index (χ1v) is 13.9. The number of aliphatic hydroxyl groups excluding tert-OH is 1. The molecule has 4 N–H and O–H groups in total. The molecule has 10 heteroatoms. The average Bonchev–Trinajstić information content (AvgIpc) is 3.66. The summed E-state index contributed by atoms with van der Waals surface area (Å²) in [5, 5.41) is 31.0. The predicted octanol–water partition coefficient (Wildman–Crippen LogP) is 2.75. The standard InChI is InChI=1S/C29H38N6O4/c1-34-25-9-4-8-22(23(25)18-31-34)27(37)33-24(28(38)39)12-17-35(29(19-36)13-14-29)16-3-2-7-21-11-10-20-6-5-15-30-26(20)32-21/h4,8-11,18,24,36H,2-3,5-7,12-17,19H2,1H3,(H,30,32)(H,33,37)(H,38,39)/t24-/m0/s1. The molecule has 10 nitrogen and oxygen atoms in total. The van der Waals surface area contributed by atoms with Crippen LogP contribution in [0.2, 0.25) is 0 Å². The first kappa shape index (κ1) is 27.1. The Balaban J connectivity index is 1.17. The highest BCUT2D eigenvalue weighted by Gasteiger charge is 2.47. The first-order chi connectivity index (χ1) is 18.9. The number of unbranched alkanes of at least 4 members (excludes halogenated alkanes) is 1. The van der Waals surface area contributed by atoms with Gasteiger partial charge in [-0.05, 0) is 81.7 Å². The van der Waals surface area contributed by atoms with Crippen LogP contribution in [0, 0.1) is 0 Å². The van der Waals surface area contributed by atoms with E-state index in [0.29, 0.717) is 17.5 Å². The first-order valence-electron chi connectivity index (χ1n) is 13.9. The highest BCUT2D eigenvalue weighted by Crippen LogP contribution is 2.41.